The van der Waals surface area contributed by atoms with Gasteiger partial charge in [-0.3, -0.25) is 9.69 Å². The summed E-state index contributed by atoms with van der Waals surface area (Å²) in [6, 6.07) is 10.7. The van der Waals surface area contributed by atoms with Crippen molar-refractivity contribution in [3.8, 4) is 11.5 Å². The van der Waals surface area contributed by atoms with Crippen LogP contribution in [-0.2, 0) is 11.3 Å². The maximum atomic E-state index is 12.2. The first kappa shape index (κ1) is 16.9. The van der Waals surface area contributed by atoms with Gasteiger partial charge in [0, 0.05) is 11.6 Å². The van der Waals surface area contributed by atoms with Crippen LogP contribution in [0.15, 0.2) is 36.4 Å². The van der Waals surface area contributed by atoms with E-state index < -0.39 is 0 Å². The Bertz CT molecular complexity index is 767. The van der Waals surface area contributed by atoms with E-state index in [-0.39, 0.29) is 19.2 Å². The Morgan fingerprint density at radius 1 is 1.17 bits per heavy atom. The summed E-state index contributed by atoms with van der Waals surface area (Å²) in [6.07, 6.45) is 0. The number of hydrogen-bond donors (Lipinski definition) is 1. The van der Waals surface area contributed by atoms with Crippen LogP contribution in [-0.4, -0.2) is 31.2 Å². The van der Waals surface area contributed by atoms with E-state index in [9.17, 15) is 4.79 Å². The van der Waals surface area contributed by atoms with E-state index in [2.05, 4.69) is 5.32 Å². The zero-order chi connectivity index (χ0) is 17.1. The van der Waals surface area contributed by atoms with Crippen LogP contribution in [0.3, 0.4) is 0 Å². The molecule has 0 radical (unpaired) electrons. The van der Waals surface area contributed by atoms with Crippen LogP contribution in [0.4, 0.5) is 5.69 Å². The molecule has 1 N–H and O–H groups in total. The molecule has 0 saturated heterocycles. The first-order valence-corrected chi connectivity index (χ1v) is 8.09. The second-order valence-electron chi connectivity index (χ2n) is 5.53. The summed E-state index contributed by atoms with van der Waals surface area (Å²) >= 11 is 12.0. The lowest BCUT2D eigenvalue weighted by atomic mass is 10.2. The number of hydrogen-bond acceptors (Lipinski definition) is 4. The van der Waals surface area contributed by atoms with Crippen LogP contribution in [0.25, 0.3) is 0 Å². The predicted octanol–water partition coefficient (Wildman–Crippen LogP) is 3.79. The van der Waals surface area contributed by atoms with E-state index in [1.807, 2.05) is 30.1 Å². The number of anilines is 1. The van der Waals surface area contributed by atoms with Gasteiger partial charge in [-0.15, -0.1) is 0 Å². The fourth-order valence-corrected chi connectivity index (χ4v) is 2.77. The number of nitrogens with zero attached hydrogens (tertiary/aromatic N) is 1. The average molecular weight is 367 g/mol. The van der Waals surface area contributed by atoms with E-state index in [0.29, 0.717) is 22.3 Å². The Kier molecular flexibility index (Phi) is 5.14. The van der Waals surface area contributed by atoms with Crippen LogP contribution < -0.4 is 14.8 Å². The number of fused-ring (bicyclic) bond motifs is 1. The molecule has 1 heterocycles. The van der Waals surface area contributed by atoms with Crippen molar-refractivity contribution in [1.29, 1.82) is 0 Å². The second kappa shape index (κ2) is 7.30. The molecule has 24 heavy (non-hydrogen) atoms. The summed E-state index contributed by atoms with van der Waals surface area (Å²) in [5.41, 5.74) is 1.54. The zero-order valence-corrected chi connectivity index (χ0v) is 14.5. The average Bonchev–Trinajstić information content (AvgIpc) is 2.98. The number of carbonyl (C=O) groups is 1. The molecular weight excluding hydrogens is 351 g/mol. The Hall–Kier alpha value is -1.95. The number of likely N-dealkylation sites (N-methyl/N-ethyl adjacent to an activating group) is 1. The Morgan fingerprint density at radius 2 is 1.96 bits per heavy atom. The van der Waals surface area contributed by atoms with Crippen LogP contribution in [0.1, 0.15) is 5.56 Å². The first-order valence-electron chi connectivity index (χ1n) is 7.33. The van der Waals surface area contributed by atoms with Crippen LogP contribution in [0.5, 0.6) is 11.5 Å². The smallest absolute Gasteiger partial charge is 0.238 e. The molecule has 7 heteroatoms. The summed E-state index contributed by atoms with van der Waals surface area (Å²) in [5, 5.41) is 3.73. The number of rotatable bonds is 5. The Labute approximate surface area is 150 Å². The summed E-state index contributed by atoms with van der Waals surface area (Å²) in [4.78, 5) is 14.1. The molecule has 0 aromatic heterocycles. The van der Waals surface area contributed by atoms with Crippen molar-refractivity contribution in [2.45, 2.75) is 6.54 Å². The minimum Gasteiger partial charge on any atom is -0.454 e. The summed E-state index contributed by atoms with van der Waals surface area (Å²) < 4.78 is 10.6. The lowest BCUT2D eigenvalue weighted by molar-refractivity contribution is -0.117. The van der Waals surface area contributed by atoms with Crippen LogP contribution >= 0.6 is 23.2 Å². The molecule has 3 rings (SSSR count). The molecule has 0 atom stereocenters. The van der Waals surface area contributed by atoms with E-state index in [1.165, 1.54) is 0 Å². The number of nitrogens with one attached hydrogen (secondary N) is 1. The quantitative estimate of drug-likeness (QED) is 0.874. The van der Waals surface area contributed by atoms with Crippen molar-refractivity contribution in [1.82, 2.24) is 4.90 Å². The van der Waals surface area contributed by atoms with Crippen LogP contribution in [0, 0.1) is 0 Å². The van der Waals surface area contributed by atoms with Gasteiger partial charge < -0.3 is 14.8 Å². The van der Waals surface area contributed by atoms with Gasteiger partial charge in [0.2, 0.25) is 12.7 Å². The summed E-state index contributed by atoms with van der Waals surface area (Å²) in [7, 11) is 1.86. The number of carbonyl (C=O) groups excluding carboxylic acids is 1. The minimum absolute atomic E-state index is 0.164. The van der Waals surface area contributed by atoms with E-state index >= 15 is 0 Å². The Balaban J connectivity index is 1.57. The SMILES string of the molecule is CN(CC(=O)Nc1cc(Cl)ccc1Cl)Cc1ccc2c(c1)OCO2. The van der Waals surface area contributed by atoms with E-state index in [0.717, 1.165) is 17.1 Å². The van der Waals surface area contributed by atoms with Gasteiger partial charge >= 0.3 is 0 Å². The molecule has 1 aliphatic rings. The summed E-state index contributed by atoms with van der Waals surface area (Å²) in [6.45, 7) is 1.07. The van der Waals surface area contributed by atoms with Crippen molar-refractivity contribution in [2.75, 3.05) is 25.7 Å². The molecule has 0 aliphatic carbocycles. The summed E-state index contributed by atoms with van der Waals surface area (Å²) in [5.74, 6) is 1.31. The topological polar surface area (TPSA) is 50.8 Å². The molecule has 1 amide bonds. The van der Waals surface area contributed by atoms with Crippen molar-refractivity contribution in [3.05, 3.63) is 52.0 Å². The van der Waals surface area contributed by atoms with Crippen LogP contribution in [0.2, 0.25) is 10.0 Å². The minimum atomic E-state index is -0.164. The van der Waals surface area contributed by atoms with Crippen molar-refractivity contribution >= 4 is 34.8 Å². The molecule has 0 saturated carbocycles. The number of amides is 1. The number of benzene rings is 2. The molecule has 0 bridgehead atoms. The highest BCUT2D eigenvalue weighted by Gasteiger charge is 2.15. The normalized spacial score (nSPS) is 12.5. The fourth-order valence-electron chi connectivity index (χ4n) is 2.44. The molecule has 5 nitrogen and oxygen atoms in total. The van der Waals surface area contributed by atoms with E-state index in [4.69, 9.17) is 32.7 Å². The second-order valence-corrected chi connectivity index (χ2v) is 6.38. The van der Waals surface area contributed by atoms with Crippen molar-refractivity contribution in [2.24, 2.45) is 0 Å². The number of ether oxygens (including phenoxy) is 2. The molecular formula is C17H16Cl2N2O3. The van der Waals surface area contributed by atoms with E-state index in [1.54, 1.807) is 18.2 Å². The third-order valence-corrected chi connectivity index (χ3v) is 4.07. The van der Waals surface area contributed by atoms with Gasteiger partial charge in [-0.2, -0.15) is 0 Å². The van der Waals surface area contributed by atoms with Gasteiger partial charge in [0.25, 0.3) is 0 Å². The van der Waals surface area contributed by atoms with Crippen molar-refractivity contribution in [3.63, 3.8) is 0 Å². The lowest BCUT2D eigenvalue weighted by Crippen LogP contribution is -2.29. The third kappa shape index (κ3) is 4.12. The molecule has 126 valence electrons. The molecule has 2 aromatic carbocycles. The highest BCUT2D eigenvalue weighted by Crippen LogP contribution is 2.32. The molecule has 2 aromatic rings. The highest BCUT2D eigenvalue weighted by molar-refractivity contribution is 6.35. The van der Waals surface area contributed by atoms with Gasteiger partial charge in [0.05, 0.1) is 17.3 Å². The largest absolute Gasteiger partial charge is 0.454 e. The van der Waals surface area contributed by atoms with Crippen molar-refractivity contribution < 1.29 is 14.3 Å². The molecule has 0 fully saturated rings. The van der Waals surface area contributed by atoms with Gasteiger partial charge in [-0.25, -0.2) is 0 Å². The molecule has 0 unspecified atom stereocenters. The van der Waals surface area contributed by atoms with Gasteiger partial charge in [-0.05, 0) is 42.9 Å². The lowest BCUT2D eigenvalue weighted by Gasteiger charge is -2.17. The zero-order valence-electron chi connectivity index (χ0n) is 13.0. The highest BCUT2D eigenvalue weighted by atomic mass is 35.5. The predicted molar refractivity (Wildman–Crippen MR) is 94.0 cm³/mol. The Morgan fingerprint density at radius 3 is 2.79 bits per heavy atom. The third-order valence-electron chi connectivity index (χ3n) is 3.51. The maximum Gasteiger partial charge on any atom is 0.238 e. The molecule has 0 spiro atoms. The maximum absolute atomic E-state index is 12.2. The van der Waals surface area contributed by atoms with Gasteiger partial charge in [-0.1, -0.05) is 29.3 Å². The fraction of sp³-hybridized carbons (Fsp3) is 0.235. The molecule has 1 aliphatic heterocycles. The van der Waals surface area contributed by atoms with Gasteiger partial charge in [0.1, 0.15) is 0 Å². The first-order chi connectivity index (χ1) is 11.5. The standard InChI is InChI=1S/C17H16Cl2N2O3/c1-21(8-11-2-5-15-16(6-11)24-10-23-15)9-17(22)20-14-7-12(18)3-4-13(14)19/h2-7H,8-10H2,1H3,(H,20,22). The monoisotopic (exact) mass is 366 g/mol. The van der Waals surface area contributed by atoms with Gasteiger partial charge in [0.15, 0.2) is 11.5 Å². The number of halogens is 2.